The van der Waals surface area contributed by atoms with Crippen molar-refractivity contribution in [3.8, 4) is 0 Å². The molecule has 0 aromatic heterocycles. The van der Waals surface area contributed by atoms with E-state index in [0.29, 0.717) is 12.8 Å². The van der Waals surface area contributed by atoms with E-state index in [-0.39, 0.29) is 43.6 Å². The van der Waals surface area contributed by atoms with Gasteiger partial charge in [-0.25, -0.2) is 0 Å². The maximum Gasteiger partial charge on any atom is 0.322 e. The Hall–Kier alpha value is -1.16. The van der Waals surface area contributed by atoms with Crippen molar-refractivity contribution in [3.63, 3.8) is 0 Å². The van der Waals surface area contributed by atoms with E-state index in [0.717, 1.165) is 0 Å². The van der Waals surface area contributed by atoms with Gasteiger partial charge in [0.05, 0.1) is 11.5 Å². The Labute approximate surface area is 137 Å². The van der Waals surface area contributed by atoms with Crippen molar-refractivity contribution in [1.82, 2.24) is 0 Å². The van der Waals surface area contributed by atoms with Crippen molar-refractivity contribution < 1.29 is 34.8 Å². The Bertz CT molecular complexity index is 525. The van der Waals surface area contributed by atoms with Crippen molar-refractivity contribution in [2.75, 3.05) is 11.5 Å². The van der Waals surface area contributed by atoms with E-state index < -0.39 is 32.2 Å². The Balaban J connectivity index is 4.04. The van der Waals surface area contributed by atoms with Gasteiger partial charge in [-0.3, -0.25) is 9.59 Å². The summed E-state index contributed by atoms with van der Waals surface area (Å²) >= 11 is 0. The van der Waals surface area contributed by atoms with Crippen molar-refractivity contribution in [3.05, 3.63) is 0 Å². The molecule has 23 heavy (non-hydrogen) atoms. The molecule has 0 rings (SSSR count). The third kappa shape index (κ3) is 12.0. The summed E-state index contributed by atoms with van der Waals surface area (Å²) in [6.45, 7) is 3.45. The number of hydrogen-bond donors (Lipinski definition) is 0. The van der Waals surface area contributed by atoms with E-state index in [1.165, 1.54) is 0 Å². The minimum Gasteiger partial charge on any atom is -0.346 e. The standard InChI is InChI=1S/C13H24O8S2/c1-3-8-12(14)20-22(16,17)10-6-5-7-11-23(18,19)21-13(15)9-4-2/h3-11H2,1-2H3. The SMILES string of the molecule is CCCC(=O)OS(=O)(=O)CCCCCS(=O)(=O)OC(=O)CCC. The number of rotatable bonds is 12. The summed E-state index contributed by atoms with van der Waals surface area (Å²) in [4.78, 5) is 22.2. The zero-order valence-corrected chi connectivity index (χ0v) is 15.1. The molecule has 0 amide bonds. The molecule has 0 spiro atoms. The van der Waals surface area contributed by atoms with E-state index in [4.69, 9.17) is 0 Å². The quantitative estimate of drug-likeness (QED) is 0.373. The average Bonchev–Trinajstić information content (AvgIpc) is 2.36. The van der Waals surface area contributed by atoms with Crippen LogP contribution in [0.15, 0.2) is 0 Å². The van der Waals surface area contributed by atoms with Crippen molar-refractivity contribution >= 4 is 32.2 Å². The van der Waals surface area contributed by atoms with Gasteiger partial charge in [-0.2, -0.15) is 16.8 Å². The molecular formula is C13H24O8S2. The molecule has 0 aromatic rings. The number of carbonyl (C=O) groups is 2. The molecule has 0 bridgehead atoms. The second kappa shape index (κ2) is 10.6. The van der Waals surface area contributed by atoms with Crippen LogP contribution in [0.3, 0.4) is 0 Å². The molecule has 0 saturated heterocycles. The summed E-state index contributed by atoms with van der Waals surface area (Å²) in [6, 6.07) is 0. The van der Waals surface area contributed by atoms with E-state index in [2.05, 4.69) is 8.37 Å². The first kappa shape index (κ1) is 21.8. The normalized spacial score (nSPS) is 11.9. The van der Waals surface area contributed by atoms with E-state index in [1.807, 2.05) is 0 Å². The molecule has 0 aliphatic carbocycles. The average molecular weight is 372 g/mol. The molecule has 136 valence electrons. The molecule has 0 saturated carbocycles. The second-order valence-electron chi connectivity index (χ2n) is 4.99. The molecule has 0 aromatic carbocycles. The largest absolute Gasteiger partial charge is 0.346 e. The molecule has 0 atom stereocenters. The first-order valence-corrected chi connectivity index (χ1v) is 10.7. The minimum absolute atomic E-state index is 0.0284. The number of hydrogen-bond acceptors (Lipinski definition) is 8. The zero-order valence-electron chi connectivity index (χ0n) is 13.4. The molecule has 0 unspecified atom stereocenters. The van der Waals surface area contributed by atoms with Crippen LogP contribution < -0.4 is 0 Å². The van der Waals surface area contributed by atoms with Crippen molar-refractivity contribution in [1.29, 1.82) is 0 Å². The van der Waals surface area contributed by atoms with Gasteiger partial charge in [0, 0.05) is 12.8 Å². The van der Waals surface area contributed by atoms with Crippen molar-refractivity contribution in [2.24, 2.45) is 0 Å². The van der Waals surface area contributed by atoms with Gasteiger partial charge in [0.15, 0.2) is 0 Å². The highest BCUT2D eigenvalue weighted by molar-refractivity contribution is 7.87. The Kier molecular flexibility index (Phi) is 10.1. The summed E-state index contributed by atoms with van der Waals surface area (Å²) in [5, 5.41) is 0. The summed E-state index contributed by atoms with van der Waals surface area (Å²) in [7, 11) is -7.86. The lowest BCUT2D eigenvalue weighted by atomic mass is 10.3. The third-order valence-corrected chi connectivity index (χ3v) is 5.09. The van der Waals surface area contributed by atoms with Crippen LogP contribution in [-0.2, 0) is 38.2 Å². The predicted molar refractivity (Wildman–Crippen MR) is 83.4 cm³/mol. The molecule has 0 aliphatic heterocycles. The summed E-state index contributed by atoms with van der Waals surface area (Å²) in [6.07, 6.45) is 1.63. The highest BCUT2D eigenvalue weighted by Gasteiger charge is 2.18. The van der Waals surface area contributed by atoms with Gasteiger partial charge < -0.3 is 8.37 Å². The van der Waals surface area contributed by atoms with Crippen LogP contribution in [0, 0.1) is 0 Å². The van der Waals surface area contributed by atoms with E-state index in [1.54, 1.807) is 13.8 Å². The lowest BCUT2D eigenvalue weighted by Crippen LogP contribution is -2.17. The van der Waals surface area contributed by atoms with Crippen LogP contribution >= 0.6 is 0 Å². The van der Waals surface area contributed by atoms with Crippen LogP contribution in [0.25, 0.3) is 0 Å². The van der Waals surface area contributed by atoms with E-state index >= 15 is 0 Å². The van der Waals surface area contributed by atoms with Crippen LogP contribution in [0.1, 0.15) is 58.8 Å². The molecule has 8 nitrogen and oxygen atoms in total. The van der Waals surface area contributed by atoms with Gasteiger partial charge in [-0.1, -0.05) is 20.3 Å². The first-order chi connectivity index (χ1) is 10.6. The van der Waals surface area contributed by atoms with Gasteiger partial charge in [0.2, 0.25) is 0 Å². The van der Waals surface area contributed by atoms with Crippen LogP contribution in [0.5, 0.6) is 0 Å². The van der Waals surface area contributed by atoms with Gasteiger partial charge in [0.1, 0.15) is 0 Å². The second-order valence-corrected chi connectivity index (χ2v) is 8.38. The van der Waals surface area contributed by atoms with Crippen LogP contribution in [0.4, 0.5) is 0 Å². The number of carbonyl (C=O) groups excluding carboxylic acids is 2. The van der Waals surface area contributed by atoms with Gasteiger partial charge in [-0.05, 0) is 25.7 Å². The Morgan fingerprint density at radius 2 is 1.04 bits per heavy atom. The molecule has 0 aliphatic rings. The first-order valence-electron chi connectivity index (χ1n) is 7.52. The zero-order chi connectivity index (χ0) is 17.9. The monoisotopic (exact) mass is 372 g/mol. The van der Waals surface area contributed by atoms with E-state index in [9.17, 15) is 26.4 Å². The fourth-order valence-corrected chi connectivity index (χ4v) is 3.61. The smallest absolute Gasteiger partial charge is 0.322 e. The Morgan fingerprint density at radius 3 is 1.35 bits per heavy atom. The number of unbranched alkanes of at least 4 members (excludes halogenated alkanes) is 2. The van der Waals surface area contributed by atoms with Gasteiger partial charge in [0.25, 0.3) is 0 Å². The summed E-state index contributed by atoms with van der Waals surface area (Å²) < 4.78 is 54.6. The molecule has 0 radical (unpaired) electrons. The van der Waals surface area contributed by atoms with Crippen LogP contribution in [-0.4, -0.2) is 40.3 Å². The molecule has 0 heterocycles. The highest BCUT2D eigenvalue weighted by Crippen LogP contribution is 2.07. The maximum absolute atomic E-state index is 11.5. The lowest BCUT2D eigenvalue weighted by molar-refractivity contribution is -0.134. The Morgan fingerprint density at radius 1 is 0.696 bits per heavy atom. The predicted octanol–water partition coefficient (Wildman–Crippen LogP) is 1.50. The fraction of sp³-hybridized carbons (Fsp3) is 0.846. The molecular weight excluding hydrogens is 348 g/mol. The third-order valence-electron chi connectivity index (χ3n) is 2.64. The lowest BCUT2D eigenvalue weighted by Gasteiger charge is -2.06. The highest BCUT2D eigenvalue weighted by atomic mass is 32.2. The maximum atomic E-state index is 11.5. The van der Waals surface area contributed by atoms with Gasteiger partial charge in [-0.15, -0.1) is 0 Å². The molecule has 10 heteroatoms. The van der Waals surface area contributed by atoms with Gasteiger partial charge >= 0.3 is 32.2 Å². The van der Waals surface area contributed by atoms with Crippen molar-refractivity contribution in [2.45, 2.75) is 58.8 Å². The minimum atomic E-state index is -3.93. The van der Waals surface area contributed by atoms with Crippen LogP contribution in [0.2, 0.25) is 0 Å². The molecule has 0 fully saturated rings. The summed E-state index contributed by atoms with van der Waals surface area (Å²) in [5.74, 6) is -2.31. The summed E-state index contributed by atoms with van der Waals surface area (Å²) in [5.41, 5.74) is 0. The topological polar surface area (TPSA) is 121 Å². The molecule has 0 N–H and O–H groups in total. The fourth-order valence-electron chi connectivity index (χ4n) is 1.59.